The van der Waals surface area contributed by atoms with Crippen LogP contribution < -0.4 is 11.1 Å². The second-order valence-corrected chi connectivity index (χ2v) is 7.82. The Bertz CT molecular complexity index is 1110. The van der Waals surface area contributed by atoms with Gasteiger partial charge < -0.3 is 16.2 Å². The molecular weight excluding hydrogens is 469 g/mol. The quantitative estimate of drug-likeness (QED) is 0.422. The first kappa shape index (κ1) is 25.3. The van der Waals surface area contributed by atoms with Crippen LogP contribution in [0.5, 0.6) is 0 Å². The molecule has 0 aliphatic heterocycles. The first-order valence-electron chi connectivity index (χ1n) is 9.86. The number of anilines is 1. The molecule has 0 bridgehead atoms. The maximum Gasteiger partial charge on any atom is 0.429 e. The monoisotopic (exact) mass is 488 g/mol. The molecule has 0 radical (unpaired) electrons. The molecule has 2 aromatic carbocycles. The molecule has 3 rings (SSSR count). The van der Waals surface area contributed by atoms with Crippen molar-refractivity contribution in [2.75, 3.05) is 5.73 Å². The lowest BCUT2D eigenvalue weighted by molar-refractivity contribution is -0.385. The summed E-state index contributed by atoms with van der Waals surface area (Å²) in [6, 6.07) is 10.7. The minimum absolute atomic E-state index is 0.00629. The number of alkyl halides is 6. The molecule has 0 saturated carbocycles. The van der Waals surface area contributed by atoms with Crippen molar-refractivity contribution >= 4 is 17.2 Å². The average Bonchev–Trinajstić information content (AvgIpc) is 2.74. The Balaban J connectivity index is 2.04. The zero-order valence-electron chi connectivity index (χ0n) is 17.3. The third kappa shape index (κ3) is 4.52. The number of carbonyl (C=O) groups is 1. The Morgan fingerprint density at radius 3 is 2.09 bits per heavy atom. The maximum absolute atomic E-state index is 14.1. The Morgan fingerprint density at radius 2 is 1.59 bits per heavy atom. The van der Waals surface area contributed by atoms with Gasteiger partial charge in [0.15, 0.2) is 0 Å². The van der Waals surface area contributed by atoms with Gasteiger partial charge in [0.05, 0.1) is 6.42 Å². The number of benzene rings is 2. The second kappa shape index (κ2) is 8.79. The van der Waals surface area contributed by atoms with Crippen LogP contribution in [0.1, 0.15) is 17.5 Å². The molecule has 1 unspecified atom stereocenters. The van der Waals surface area contributed by atoms with Crippen LogP contribution >= 0.6 is 0 Å². The van der Waals surface area contributed by atoms with Gasteiger partial charge in [-0.2, -0.15) is 26.3 Å². The van der Waals surface area contributed by atoms with Crippen LogP contribution in [-0.2, 0) is 11.2 Å². The van der Waals surface area contributed by atoms with Gasteiger partial charge >= 0.3 is 12.4 Å². The molecule has 11 heteroatoms. The SMILES string of the molecule is Nc1ccc(CC(=O)NC2(C(O)(C(F)(F)F)C(F)(F)F)C=CC(c3ccccc3F)=CC2)cc1. The number of rotatable bonds is 5. The van der Waals surface area contributed by atoms with Crippen molar-refractivity contribution in [3.05, 3.63) is 83.7 Å². The normalized spacial score (nSPS) is 19.0. The molecule has 0 heterocycles. The van der Waals surface area contributed by atoms with Gasteiger partial charge in [0.2, 0.25) is 5.91 Å². The molecule has 0 saturated heterocycles. The Morgan fingerprint density at radius 1 is 1.00 bits per heavy atom. The van der Waals surface area contributed by atoms with E-state index in [4.69, 9.17) is 5.73 Å². The summed E-state index contributed by atoms with van der Waals surface area (Å²) in [7, 11) is 0. The summed E-state index contributed by atoms with van der Waals surface area (Å²) >= 11 is 0. The summed E-state index contributed by atoms with van der Waals surface area (Å²) < 4.78 is 96.8. The van der Waals surface area contributed by atoms with Crippen LogP contribution in [0.25, 0.3) is 5.57 Å². The van der Waals surface area contributed by atoms with Gasteiger partial charge in [-0.05, 0) is 35.8 Å². The highest BCUT2D eigenvalue weighted by Crippen LogP contribution is 2.52. The zero-order valence-corrected chi connectivity index (χ0v) is 17.3. The van der Waals surface area contributed by atoms with Crippen molar-refractivity contribution in [1.82, 2.24) is 5.32 Å². The van der Waals surface area contributed by atoms with E-state index >= 15 is 0 Å². The minimum Gasteiger partial charge on any atom is -0.399 e. The lowest BCUT2D eigenvalue weighted by Crippen LogP contribution is -2.75. The largest absolute Gasteiger partial charge is 0.429 e. The molecule has 0 spiro atoms. The molecule has 1 atom stereocenters. The number of aliphatic hydroxyl groups is 1. The molecule has 0 aromatic heterocycles. The summed E-state index contributed by atoms with van der Waals surface area (Å²) in [6.07, 6.45) is -12.0. The van der Waals surface area contributed by atoms with Crippen LogP contribution in [0, 0.1) is 5.82 Å². The van der Waals surface area contributed by atoms with E-state index in [9.17, 15) is 40.6 Å². The molecule has 1 aliphatic carbocycles. The smallest absolute Gasteiger partial charge is 0.399 e. The number of carbonyl (C=O) groups excluding carboxylic acids is 1. The van der Waals surface area contributed by atoms with Crippen molar-refractivity contribution in [3.8, 4) is 0 Å². The number of hydrogen-bond donors (Lipinski definition) is 3. The summed E-state index contributed by atoms with van der Waals surface area (Å²) in [5, 5.41) is 11.9. The van der Waals surface area contributed by atoms with Crippen molar-refractivity contribution in [2.45, 2.75) is 36.3 Å². The molecule has 0 fully saturated rings. The molecule has 1 aliphatic rings. The van der Waals surface area contributed by atoms with Crippen LogP contribution in [0.4, 0.5) is 36.4 Å². The highest BCUT2D eigenvalue weighted by atomic mass is 19.4. The minimum atomic E-state index is -6.21. The Hall–Kier alpha value is -3.34. The predicted octanol–water partition coefficient (Wildman–Crippen LogP) is 4.70. The Kier molecular flexibility index (Phi) is 6.53. The third-order valence-corrected chi connectivity index (χ3v) is 5.55. The van der Waals surface area contributed by atoms with Gasteiger partial charge in [-0.1, -0.05) is 48.6 Å². The van der Waals surface area contributed by atoms with Crippen molar-refractivity contribution < 1.29 is 40.6 Å². The van der Waals surface area contributed by atoms with Gasteiger partial charge in [-0.25, -0.2) is 4.39 Å². The molecule has 4 N–H and O–H groups in total. The lowest BCUT2D eigenvalue weighted by Gasteiger charge is -2.47. The van der Waals surface area contributed by atoms with Crippen molar-refractivity contribution in [3.63, 3.8) is 0 Å². The third-order valence-electron chi connectivity index (χ3n) is 5.55. The molecule has 1 amide bonds. The van der Waals surface area contributed by atoms with E-state index < -0.39 is 48.1 Å². The fraction of sp³-hybridized carbons (Fsp3) is 0.261. The van der Waals surface area contributed by atoms with E-state index in [1.807, 2.05) is 0 Å². The summed E-state index contributed by atoms with van der Waals surface area (Å²) in [5.74, 6) is -1.95. The number of allylic oxidation sites excluding steroid dienone is 2. The number of hydrogen-bond acceptors (Lipinski definition) is 3. The Labute approximate surface area is 189 Å². The van der Waals surface area contributed by atoms with Gasteiger partial charge in [-0.15, -0.1) is 0 Å². The van der Waals surface area contributed by atoms with Crippen LogP contribution in [0.2, 0.25) is 0 Å². The summed E-state index contributed by atoms with van der Waals surface area (Å²) in [6.45, 7) is 0. The zero-order chi connectivity index (χ0) is 25.4. The van der Waals surface area contributed by atoms with E-state index in [0.29, 0.717) is 11.8 Å². The summed E-state index contributed by atoms with van der Waals surface area (Å²) in [5.41, 5.74) is -2.62. The fourth-order valence-corrected chi connectivity index (χ4v) is 3.77. The number of nitrogens with two attached hydrogens (primary N) is 1. The fourth-order valence-electron chi connectivity index (χ4n) is 3.77. The van der Waals surface area contributed by atoms with Crippen LogP contribution in [0.3, 0.4) is 0 Å². The molecular formula is C23H19F7N2O2. The number of amides is 1. The summed E-state index contributed by atoms with van der Waals surface area (Å²) in [4.78, 5) is 12.6. The highest BCUT2D eigenvalue weighted by Gasteiger charge is 2.79. The van der Waals surface area contributed by atoms with E-state index in [1.54, 1.807) is 5.32 Å². The lowest BCUT2D eigenvalue weighted by atomic mass is 9.72. The van der Waals surface area contributed by atoms with Crippen molar-refractivity contribution in [2.24, 2.45) is 0 Å². The molecule has 2 aromatic rings. The van der Waals surface area contributed by atoms with Gasteiger partial charge in [0.1, 0.15) is 11.4 Å². The van der Waals surface area contributed by atoms with Gasteiger partial charge in [0.25, 0.3) is 5.60 Å². The number of nitrogens with one attached hydrogen (secondary N) is 1. The van der Waals surface area contributed by atoms with Crippen LogP contribution in [-0.4, -0.2) is 34.5 Å². The first-order chi connectivity index (χ1) is 15.7. The second-order valence-electron chi connectivity index (χ2n) is 7.82. The number of halogens is 7. The maximum atomic E-state index is 14.1. The first-order valence-corrected chi connectivity index (χ1v) is 9.86. The number of nitrogen functional groups attached to an aromatic ring is 1. The predicted molar refractivity (Wildman–Crippen MR) is 111 cm³/mol. The van der Waals surface area contributed by atoms with E-state index in [-0.39, 0.29) is 16.7 Å². The van der Waals surface area contributed by atoms with E-state index in [2.05, 4.69) is 0 Å². The van der Waals surface area contributed by atoms with Crippen molar-refractivity contribution in [1.29, 1.82) is 0 Å². The molecule has 34 heavy (non-hydrogen) atoms. The molecule has 4 nitrogen and oxygen atoms in total. The van der Waals surface area contributed by atoms with Gasteiger partial charge in [-0.3, -0.25) is 4.79 Å². The van der Waals surface area contributed by atoms with Crippen LogP contribution in [0.15, 0.2) is 66.8 Å². The average molecular weight is 488 g/mol. The van der Waals surface area contributed by atoms with E-state index in [1.165, 1.54) is 42.5 Å². The van der Waals surface area contributed by atoms with E-state index in [0.717, 1.165) is 18.2 Å². The highest BCUT2D eigenvalue weighted by molar-refractivity contribution is 5.82. The standard InChI is InChI=1S/C23H19F7N2O2/c24-18-4-2-1-3-17(18)15-9-11-20(12-10-15,21(34,22(25,26)27)23(28,29)30)32-19(33)13-14-5-7-16(31)8-6-14/h1-11,34H,12-13,31H2,(H,32,33). The topological polar surface area (TPSA) is 75.4 Å². The van der Waals surface area contributed by atoms with Gasteiger partial charge in [0, 0.05) is 11.3 Å². The molecule has 182 valence electrons.